The highest BCUT2D eigenvalue weighted by Crippen LogP contribution is 1.93. The molecule has 0 unspecified atom stereocenters. The first-order valence-electron chi connectivity index (χ1n) is 5.79. The molecule has 0 spiro atoms. The maximum atomic E-state index is 11.0. The van der Waals surface area contributed by atoms with Gasteiger partial charge >= 0.3 is 0 Å². The number of amides is 1. The van der Waals surface area contributed by atoms with Crippen LogP contribution in [0.1, 0.15) is 19.3 Å². The Kier molecular flexibility index (Phi) is 11.9. The molecule has 5 heteroatoms. The number of hydrogen-bond acceptors (Lipinski definition) is 4. The molecule has 0 aromatic rings. The second kappa shape index (κ2) is 12.4. The Hall–Kier alpha value is -0.650. The number of hydrogen-bond donors (Lipinski definition) is 2. The van der Waals surface area contributed by atoms with Gasteiger partial charge in [-0.2, -0.15) is 0 Å². The van der Waals surface area contributed by atoms with Crippen LogP contribution in [-0.2, 0) is 14.3 Å². The molecule has 0 aliphatic carbocycles. The van der Waals surface area contributed by atoms with Gasteiger partial charge in [0, 0.05) is 20.3 Å². The third kappa shape index (κ3) is 11.4. The molecule has 0 radical (unpaired) electrons. The molecule has 0 aromatic carbocycles. The molecule has 0 saturated heterocycles. The third-order valence-corrected chi connectivity index (χ3v) is 2.06. The lowest BCUT2D eigenvalue weighted by Crippen LogP contribution is -2.30. The molecule has 0 bridgehead atoms. The van der Waals surface area contributed by atoms with Crippen molar-refractivity contribution in [3.8, 4) is 0 Å². The van der Waals surface area contributed by atoms with Crippen molar-refractivity contribution in [3.05, 3.63) is 0 Å². The molecule has 0 aliphatic heterocycles. The molecular weight excluding hydrogens is 208 g/mol. The topological polar surface area (TPSA) is 59.6 Å². The lowest BCUT2D eigenvalue weighted by atomic mass is 10.2. The van der Waals surface area contributed by atoms with Crippen molar-refractivity contribution in [2.24, 2.45) is 0 Å². The summed E-state index contributed by atoms with van der Waals surface area (Å²) in [4.78, 5) is 11.0. The van der Waals surface area contributed by atoms with Gasteiger partial charge in [-0.25, -0.2) is 0 Å². The van der Waals surface area contributed by atoms with Gasteiger partial charge in [-0.05, 0) is 32.9 Å². The Labute approximate surface area is 97.9 Å². The largest absolute Gasteiger partial charge is 0.380 e. The predicted octanol–water partition coefficient (Wildman–Crippen LogP) is 0.155. The van der Waals surface area contributed by atoms with Crippen LogP contribution in [0, 0.1) is 0 Å². The van der Waals surface area contributed by atoms with Gasteiger partial charge in [0.15, 0.2) is 0 Å². The van der Waals surface area contributed by atoms with Gasteiger partial charge in [-0.3, -0.25) is 4.79 Å². The fraction of sp³-hybridized carbons (Fsp3) is 0.909. The van der Waals surface area contributed by atoms with Crippen molar-refractivity contribution in [1.82, 2.24) is 10.6 Å². The van der Waals surface area contributed by atoms with Crippen molar-refractivity contribution >= 4 is 5.91 Å². The maximum absolute atomic E-state index is 11.0. The van der Waals surface area contributed by atoms with Crippen molar-refractivity contribution in [2.45, 2.75) is 19.3 Å². The Bertz CT molecular complexity index is 165. The Balaban J connectivity index is 3.01. The molecule has 96 valence electrons. The van der Waals surface area contributed by atoms with Crippen LogP contribution in [0.4, 0.5) is 0 Å². The van der Waals surface area contributed by atoms with Crippen LogP contribution in [-0.4, -0.2) is 53.0 Å². The number of ether oxygens (including phenoxy) is 2. The van der Waals surface area contributed by atoms with Crippen LogP contribution >= 0.6 is 0 Å². The summed E-state index contributed by atoms with van der Waals surface area (Å²) in [5.41, 5.74) is 0. The molecule has 0 saturated carbocycles. The van der Waals surface area contributed by atoms with E-state index in [0.29, 0.717) is 13.2 Å². The number of methoxy groups -OCH3 is 1. The van der Waals surface area contributed by atoms with Crippen molar-refractivity contribution in [3.63, 3.8) is 0 Å². The molecule has 2 N–H and O–H groups in total. The van der Waals surface area contributed by atoms with Gasteiger partial charge in [0.25, 0.3) is 0 Å². The predicted molar refractivity (Wildman–Crippen MR) is 63.5 cm³/mol. The zero-order chi connectivity index (χ0) is 12.1. The fourth-order valence-corrected chi connectivity index (χ4v) is 1.23. The molecule has 5 nitrogen and oxygen atoms in total. The van der Waals surface area contributed by atoms with Gasteiger partial charge in [-0.15, -0.1) is 0 Å². The standard InChI is InChI=1S/C11H24N2O3/c1-12-6-4-3-5-8-16-9-7-13-11(14)10-15-2/h12H,3-10H2,1-2H3,(H,13,14). The van der Waals surface area contributed by atoms with Crippen LogP contribution in [0.2, 0.25) is 0 Å². The van der Waals surface area contributed by atoms with E-state index in [1.165, 1.54) is 20.0 Å². The minimum atomic E-state index is -0.0971. The Morgan fingerprint density at radius 1 is 1.12 bits per heavy atom. The van der Waals surface area contributed by atoms with Crippen molar-refractivity contribution in [2.75, 3.05) is 47.1 Å². The minimum absolute atomic E-state index is 0.0971. The molecule has 0 aromatic heterocycles. The summed E-state index contributed by atoms with van der Waals surface area (Å²) in [5, 5.41) is 5.80. The summed E-state index contributed by atoms with van der Waals surface area (Å²) in [6.45, 7) is 3.07. The summed E-state index contributed by atoms with van der Waals surface area (Å²) in [5.74, 6) is -0.0971. The van der Waals surface area contributed by atoms with Crippen molar-refractivity contribution < 1.29 is 14.3 Å². The van der Waals surface area contributed by atoms with E-state index in [0.717, 1.165) is 19.6 Å². The van der Waals surface area contributed by atoms with Crippen LogP contribution < -0.4 is 10.6 Å². The molecule has 1 amide bonds. The number of rotatable bonds is 11. The van der Waals surface area contributed by atoms with E-state index in [2.05, 4.69) is 15.4 Å². The molecule has 16 heavy (non-hydrogen) atoms. The quantitative estimate of drug-likeness (QED) is 0.498. The zero-order valence-electron chi connectivity index (χ0n) is 10.4. The highest BCUT2D eigenvalue weighted by Gasteiger charge is 1.97. The fourth-order valence-electron chi connectivity index (χ4n) is 1.23. The van der Waals surface area contributed by atoms with Gasteiger partial charge in [0.2, 0.25) is 5.91 Å². The number of nitrogens with one attached hydrogen (secondary N) is 2. The molecule has 0 rings (SSSR count). The van der Waals surface area contributed by atoms with Gasteiger partial charge < -0.3 is 20.1 Å². The summed E-state index contributed by atoms with van der Waals surface area (Å²) >= 11 is 0. The molecule has 0 aliphatic rings. The summed E-state index contributed by atoms with van der Waals surface area (Å²) < 4.78 is 10.0. The smallest absolute Gasteiger partial charge is 0.246 e. The first kappa shape index (κ1) is 15.3. The average Bonchev–Trinajstić information content (AvgIpc) is 2.27. The molecule has 0 atom stereocenters. The van der Waals surface area contributed by atoms with E-state index < -0.39 is 0 Å². The normalized spacial score (nSPS) is 10.4. The van der Waals surface area contributed by atoms with E-state index in [9.17, 15) is 4.79 Å². The zero-order valence-corrected chi connectivity index (χ0v) is 10.4. The van der Waals surface area contributed by atoms with E-state index in [1.54, 1.807) is 0 Å². The highest BCUT2D eigenvalue weighted by atomic mass is 16.5. The summed E-state index contributed by atoms with van der Waals surface area (Å²) in [6, 6.07) is 0. The van der Waals surface area contributed by atoms with Gasteiger partial charge in [0.05, 0.1) is 6.61 Å². The van der Waals surface area contributed by atoms with Crippen LogP contribution in [0.15, 0.2) is 0 Å². The van der Waals surface area contributed by atoms with Gasteiger partial charge in [0.1, 0.15) is 6.61 Å². The van der Waals surface area contributed by atoms with E-state index in [-0.39, 0.29) is 12.5 Å². The maximum Gasteiger partial charge on any atom is 0.246 e. The molecule has 0 fully saturated rings. The lowest BCUT2D eigenvalue weighted by Gasteiger charge is -2.06. The first-order chi connectivity index (χ1) is 7.81. The molecule has 0 heterocycles. The van der Waals surface area contributed by atoms with Crippen LogP contribution in [0.25, 0.3) is 0 Å². The third-order valence-electron chi connectivity index (χ3n) is 2.06. The monoisotopic (exact) mass is 232 g/mol. The first-order valence-corrected chi connectivity index (χ1v) is 5.79. The summed E-state index contributed by atoms with van der Waals surface area (Å²) in [6.07, 6.45) is 3.44. The Morgan fingerprint density at radius 2 is 1.94 bits per heavy atom. The Morgan fingerprint density at radius 3 is 2.62 bits per heavy atom. The van der Waals surface area contributed by atoms with E-state index in [4.69, 9.17) is 4.74 Å². The number of carbonyl (C=O) groups is 1. The van der Waals surface area contributed by atoms with E-state index >= 15 is 0 Å². The van der Waals surface area contributed by atoms with E-state index in [1.807, 2.05) is 7.05 Å². The second-order valence-electron chi connectivity index (χ2n) is 3.56. The SMILES string of the molecule is CNCCCCCOCCNC(=O)COC. The highest BCUT2D eigenvalue weighted by molar-refractivity contribution is 5.77. The number of unbranched alkanes of at least 4 members (excludes halogenated alkanes) is 2. The van der Waals surface area contributed by atoms with Gasteiger partial charge in [-0.1, -0.05) is 0 Å². The van der Waals surface area contributed by atoms with Crippen molar-refractivity contribution in [1.29, 1.82) is 0 Å². The average molecular weight is 232 g/mol. The molecular formula is C11H24N2O3. The van der Waals surface area contributed by atoms with Crippen LogP contribution in [0.3, 0.4) is 0 Å². The number of carbonyl (C=O) groups excluding carboxylic acids is 1. The second-order valence-corrected chi connectivity index (χ2v) is 3.56. The lowest BCUT2D eigenvalue weighted by molar-refractivity contribution is -0.124. The van der Waals surface area contributed by atoms with Crippen LogP contribution in [0.5, 0.6) is 0 Å². The minimum Gasteiger partial charge on any atom is -0.380 e. The summed E-state index contributed by atoms with van der Waals surface area (Å²) in [7, 11) is 3.46.